The highest BCUT2D eigenvalue weighted by molar-refractivity contribution is 5.34. The molecule has 14 heavy (non-hydrogen) atoms. The van der Waals surface area contributed by atoms with E-state index in [-0.39, 0.29) is 11.4 Å². The lowest BCUT2D eigenvalue weighted by atomic mass is 10.0. The molecule has 1 atom stereocenters. The van der Waals surface area contributed by atoms with Crippen molar-refractivity contribution in [3.05, 3.63) is 29.6 Å². The van der Waals surface area contributed by atoms with Crippen molar-refractivity contribution < 1.29 is 13.9 Å². The second-order valence-electron chi connectivity index (χ2n) is 3.60. The third-order valence-electron chi connectivity index (χ3n) is 2.42. The van der Waals surface area contributed by atoms with Crippen LogP contribution in [0.25, 0.3) is 0 Å². The number of benzene rings is 1. The van der Waals surface area contributed by atoms with Gasteiger partial charge in [-0.1, -0.05) is 6.07 Å². The van der Waals surface area contributed by atoms with Gasteiger partial charge in [-0.15, -0.1) is 0 Å². The second-order valence-corrected chi connectivity index (χ2v) is 3.60. The lowest BCUT2D eigenvalue weighted by Crippen LogP contribution is -2.03. The summed E-state index contributed by atoms with van der Waals surface area (Å²) >= 11 is 0. The number of ether oxygens (including phenoxy) is 2. The van der Waals surface area contributed by atoms with Gasteiger partial charge in [0.2, 0.25) is 0 Å². The van der Waals surface area contributed by atoms with E-state index in [4.69, 9.17) is 9.47 Å². The monoisotopic (exact) mass is 196 g/mol. The van der Waals surface area contributed by atoms with Crippen LogP contribution >= 0.6 is 0 Å². The van der Waals surface area contributed by atoms with Gasteiger partial charge in [0, 0.05) is 0 Å². The Bertz CT molecular complexity index is 345. The lowest BCUT2D eigenvalue weighted by molar-refractivity contribution is 0.315. The summed E-state index contributed by atoms with van der Waals surface area (Å²) < 4.78 is 23.8. The average Bonchev–Trinajstić information content (AvgIpc) is 2.89. The second kappa shape index (κ2) is 3.24. The molecule has 0 bridgehead atoms. The Morgan fingerprint density at radius 1 is 1.57 bits per heavy atom. The van der Waals surface area contributed by atoms with Crippen molar-refractivity contribution in [1.82, 2.24) is 0 Å². The SMILES string of the molecule is CCOc1ccc(C2(C)CO2)cc1F. The van der Waals surface area contributed by atoms with Crippen molar-refractivity contribution in [2.75, 3.05) is 13.2 Å². The Morgan fingerprint density at radius 2 is 2.29 bits per heavy atom. The van der Waals surface area contributed by atoms with Gasteiger partial charge in [0.15, 0.2) is 11.6 Å². The minimum Gasteiger partial charge on any atom is -0.491 e. The molecular formula is C11H13FO2. The standard InChI is InChI=1S/C11H13FO2/c1-3-13-10-5-4-8(6-9(10)12)11(2)7-14-11/h4-6H,3,7H2,1-2H3. The third kappa shape index (κ3) is 1.60. The van der Waals surface area contributed by atoms with E-state index in [0.29, 0.717) is 19.0 Å². The Morgan fingerprint density at radius 3 is 2.79 bits per heavy atom. The topological polar surface area (TPSA) is 21.8 Å². The van der Waals surface area contributed by atoms with E-state index in [1.165, 1.54) is 6.07 Å². The number of hydrogen-bond acceptors (Lipinski definition) is 2. The molecule has 2 rings (SSSR count). The number of halogens is 1. The van der Waals surface area contributed by atoms with Gasteiger partial charge >= 0.3 is 0 Å². The van der Waals surface area contributed by atoms with E-state index in [1.54, 1.807) is 6.07 Å². The van der Waals surface area contributed by atoms with Crippen LogP contribution in [-0.4, -0.2) is 13.2 Å². The van der Waals surface area contributed by atoms with E-state index in [0.717, 1.165) is 5.56 Å². The van der Waals surface area contributed by atoms with Crippen molar-refractivity contribution in [2.24, 2.45) is 0 Å². The van der Waals surface area contributed by atoms with Crippen LogP contribution in [0.2, 0.25) is 0 Å². The van der Waals surface area contributed by atoms with E-state index in [9.17, 15) is 4.39 Å². The fourth-order valence-corrected chi connectivity index (χ4v) is 1.38. The molecule has 0 N–H and O–H groups in total. The van der Waals surface area contributed by atoms with Gasteiger partial charge in [0.25, 0.3) is 0 Å². The highest BCUT2D eigenvalue weighted by atomic mass is 19.1. The molecule has 1 heterocycles. The number of epoxide rings is 1. The third-order valence-corrected chi connectivity index (χ3v) is 2.42. The maximum absolute atomic E-state index is 13.4. The van der Waals surface area contributed by atoms with Crippen LogP contribution in [0, 0.1) is 5.82 Å². The van der Waals surface area contributed by atoms with Crippen LogP contribution in [0.5, 0.6) is 5.75 Å². The van der Waals surface area contributed by atoms with E-state index >= 15 is 0 Å². The Hall–Kier alpha value is -1.09. The molecule has 3 heteroatoms. The lowest BCUT2D eigenvalue weighted by Gasteiger charge is -2.08. The van der Waals surface area contributed by atoms with Gasteiger partial charge in [-0.05, 0) is 31.5 Å². The maximum Gasteiger partial charge on any atom is 0.165 e. The molecular weight excluding hydrogens is 183 g/mol. The van der Waals surface area contributed by atoms with Crippen molar-refractivity contribution in [1.29, 1.82) is 0 Å². The van der Waals surface area contributed by atoms with Gasteiger partial charge in [-0.2, -0.15) is 0 Å². The van der Waals surface area contributed by atoms with E-state index < -0.39 is 0 Å². The molecule has 2 nitrogen and oxygen atoms in total. The molecule has 1 aliphatic rings. The zero-order valence-electron chi connectivity index (χ0n) is 8.34. The first-order valence-electron chi connectivity index (χ1n) is 4.72. The summed E-state index contributed by atoms with van der Waals surface area (Å²) in [5.41, 5.74) is 0.601. The first-order chi connectivity index (χ1) is 6.65. The summed E-state index contributed by atoms with van der Waals surface area (Å²) in [5, 5.41) is 0. The van der Waals surface area contributed by atoms with Crippen LogP contribution in [0.1, 0.15) is 19.4 Å². The quantitative estimate of drug-likeness (QED) is 0.693. The van der Waals surface area contributed by atoms with Crippen molar-refractivity contribution in [3.8, 4) is 5.75 Å². The summed E-state index contributed by atoms with van der Waals surface area (Å²) in [6.45, 7) is 4.92. The Labute approximate surface area is 82.6 Å². The highest BCUT2D eigenvalue weighted by Gasteiger charge is 2.41. The highest BCUT2D eigenvalue weighted by Crippen LogP contribution is 2.39. The molecule has 1 aromatic rings. The van der Waals surface area contributed by atoms with Gasteiger partial charge in [-0.3, -0.25) is 0 Å². The molecule has 0 aromatic heterocycles. The van der Waals surface area contributed by atoms with Crippen LogP contribution in [0.15, 0.2) is 18.2 Å². The van der Waals surface area contributed by atoms with Crippen LogP contribution < -0.4 is 4.74 Å². The minimum absolute atomic E-state index is 0.272. The normalized spacial score (nSPS) is 24.8. The average molecular weight is 196 g/mol. The van der Waals surface area contributed by atoms with Crippen LogP contribution in [-0.2, 0) is 10.3 Å². The van der Waals surface area contributed by atoms with Crippen LogP contribution in [0.3, 0.4) is 0 Å². The zero-order chi connectivity index (χ0) is 10.2. The fourth-order valence-electron chi connectivity index (χ4n) is 1.38. The van der Waals surface area contributed by atoms with E-state index in [1.807, 2.05) is 19.9 Å². The summed E-state index contributed by atoms with van der Waals surface area (Å²) in [4.78, 5) is 0. The van der Waals surface area contributed by atoms with Gasteiger partial charge in [0.05, 0.1) is 13.2 Å². The largest absolute Gasteiger partial charge is 0.491 e. The van der Waals surface area contributed by atoms with Crippen molar-refractivity contribution in [3.63, 3.8) is 0 Å². The van der Waals surface area contributed by atoms with Gasteiger partial charge in [0.1, 0.15) is 5.60 Å². The number of rotatable bonds is 3. The first kappa shape index (κ1) is 9.46. The summed E-state index contributed by atoms with van der Waals surface area (Å²) in [5.74, 6) is -0.0124. The molecule has 0 saturated carbocycles. The molecule has 76 valence electrons. The molecule has 1 aliphatic heterocycles. The Balaban J connectivity index is 2.26. The molecule has 1 saturated heterocycles. The molecule has 1 fully saturated rings. The fraction of sp³-hybridized carbons (Fsp3) is 0.455. The maximum atomic E-state index is 13.4. The molecule has 1 unspecified atom stereocenters. The minimum atomic E-state index is -0.318. The Kier molecular flexibility index (Phi) is 2.19. The first-order valence-corrected chi connectivity index (χ1v) is 4.72. The predicted octanol–water partition coefficient (Wildman–Crippen LogP) is 2.47. The van der Waals surface area contributed by atoms with Gasteiger partial charge in [-0.25, -0.2) is 4.39 Å². The smallest absolute Gasteiger partial charge is 0.165 e. The molecule has 0 spiro atoms. The van der Waals surface area contributed by atoms with Crippen molar-refractivity contribution in [2.45, 2.75) is 19.4 Å². The van der Waals surface area contributed by atoms with Crippen LogP contribution in [0.4, 0.5) is 4.39 Å². The number of hydrogen-bond donors (Lipinski definition) is 0. The summed E-state index contributed by atoms with van der Waals surface area (Å²) in [7, 11) is 0. The predicted molar refractivity (Wildman–Crippen MR) is 50.9 cm³/mol. The summed E-state index contributed by atoms with van der Waals surface area (Å²) in [6, 6.07) is 4.99. The zero-order valence-corrected chi connectivity index (χ0v) is 8.34. The molecule has 0 amide bonds. The molecule has 0 radical (unpaired) electrons. The van der Waals surface area contributed by atoms with E-state index in [2.05, 4.69) is 0 Å². The van der Waals surface area contributed by atoms with Crippen molar-refractivity contribution >= 4 is 0 Å². The van der Waals surface area contributed by atoms with Gasteiger partial charge < -0.3 is 9.47 Å². The molecule has 1 aromatic carbocycles. The summed E-state index contributed by atoms with van der Waals surface area (Å²) in [6.07, 6.45) is 0. The molecule has 0 aliphatic carbocycles.